The molecule has 4 nitrogen and oxygen atoms in total. The molecule has 0 aliphatic carbocycles. The predicted octanol–water partition coefficient (Wildman–Crippen LogP) is 3.45. The van der Waals surface area contributed by atoms with Crippen LogP contribution in [0.4, 0.5) is 5.69 Å². The van der Waals surface area contributed by atoms with Gasteiger partial charge in [-0.2, -0.15) is 0 Å². The first kappa shape index (κ1) is 16.5. The van der Waals surface area contributed by atoms with Crippen molar-refractivity contribution in [2.45, 2.75) is 12.7 Å². The van der Waals surface area contributed by atoms with Crippen LogP contribution in [0.2, 0.25) is 5.02 Å². The second-order valence-corrected chi connectivity index (χ2v) is 7.68. The van der Waals surface area contributed by atoms with Gasteiger partial charge in [-0.1, -0.05) is 29.8 Å². The minimum absolute atomic E-state index is 0.0394. The first-order valence-electron chi connectivity index (χ1n) is 6.59. The summed E-state index contributed by atoms with van der Waals surface area (Å²) in [7, 11) is -3.08. The van der Waals surface area contributed by atoms with Crippen LogP contribution in [0.25, 0.3) is 0 Å². The van der Waals surface area contributed by atoms with Crippen LogP contribution >= 0.6 is 11.6 Å². The maximum Gasteiger partial charge on any atom is 0.255 e. The van der Waals surface area contributed by atoms with E-state index in [-0.39, 0.29) is 11.7 Å². The van der Waals surface area contributed by atoms with Gasteiger partial charge in [-0.3, -0.25) is 4.79 Å². The van der Waals surface area contributed by atoms with Crippen LogP contribution in [0.3, 0.4) is 0 Å². The Kier molecular flexibility index (Phi) is 4.88. The highest BCUT2D eigenvalue weighted by Gasteiger charge is 2.10. The van der Waals surface area contributed by atoms with Crippen LogP contribution in [0.5, 0.6) is 0 Å². The number of benzene rings is 2. The molecule has 0 heterocycles. The third kappa shape index (κ3) is 4.32. The molecule has 0 unspecified atom stereocenters. The first-order chi connectivity index (χ1) is 10.3. The van der Waals surface area contributed by atoms with E-state index in [9.17, 15) is 13.2 Å². The average molecular weight is 338 g/mol. The molecular weight excluding hydrogens is 322 g/mol. The van der Waals surface area contributed by atoms with Crippen molar-refractivity contribution in [1.29, 1.82) is 0 Å². The molecule has 2 aromatic carbocycles. The monoisotopic (exact) mass is 337 g/mol. The van der Waals surface area contributed by atoms with Gasteiger partial charge in [0.25, 0.3) is 5.91 Å². The molecule has 22 heavy (non-hydrogen) atoms. The smallest absolute Gasteiger partial charge is 0.255 e. The maximum atomic E-state index is 12.2. The largest absolute Gasteiger partial charge is 0.322 e. The van der Waals surface area contributed by atoms with Crippen LogP contribution in [-0.4, -0.2) is 20.6 Å². The molecule has 116 valence electrons. The second-order valence-electron chi connectivity index (χ2n) is 5.13. The number of amides is 1. The van der Waals surface area contributed by atoms with E-state index in [4.69, 9.17) is 11.6 Å². The van der Waals surface area contributed by atoms with E-state index in [1.54, 1.807) is 42.5 Å². The number of halogens is 1. The quantitative estimate of drug-likeness (QED) is 0.929. The lowest BCUT2D eigenvalue weighted by atomic mass is 10.1. The van der Waals surface area contributed by atoms with Gasteiger partial charge < -0.3 is 5.32 Å². The molecule has 2 aromatic rings. The summed E-state index contributed by atoms with van der Waals surface area (Å²) in [5.74, 6) is -0.307. The highest BCUT2D eigenvalue weighted by molar-refractivity contribution is 7.89. The van der Waals surface area contributed by atoms with Crippen LogP contribution in [0.1, 0.15) is 21.5 Å². The third-order valence-corrected chi connectivity index (χ3v) is 4.43. The molecule has 0 aliphatic heterocycles. The van der Waals surface area contributed by atoms with Gasteiger partial charge in [0.05, 0.1) is 5.75 Å². The number of carbonyl (C=O) groups excluding carboxylic acids is 1. The molecule has 0 saturated carbocycles. The number of nitrogens with one attached hydrogen (secondary N) is 1. The van der Waals surface area contributed by atoms with E-state index < -0.39 is 9.84 Å². The van der Waals surface area contributed by atoms with Crippen molar-refractivity contribution in [2.24, 2.45) is 0 Å². The zero-order valence-electron chi connectivity index (χ0n) is 12.3. The Hall–Kier alpha value is -1.85. The highest BCUT2D eigenvalue weighted by atomic mass is 35.5. The molecule has 0 aromatic heterocycles. The number of anilines is 1. The molecule has 0 aliphatic rings. The van der Waals surface area contributed by atoms with Crippen LogP contribution < -0.4 is 5.32 Å². The number of rotatable bonds is 4. The topological polar surface area (TPSA) is 63.2 Å². The number of hydrogen-bond donors (Lipinski definition) is 1. The summed E-state index contributed by atoms with van der Waals surface area (Å²) in [4.78, 5) is 12.2. The Balaban J connectivity index is 2.15. The van der Waals surface area contributed by atoms with Gasteiger partial charge in [-0.05, 0) is 42.3 Å². The molecule has 0 fully saturated rings. The minimum atomic E-state index is -3.08. The Morgan fingerprint density at radius 2 is 1.77 bits per heavy atom. The minimum Gasteiger partial charge on any atom is -0.322 e. The Labute approximate surface area is 135 Å². The highest BCUT2D eigenvalue weighted by Crippen LogP contribution is 2.23. The Bertz CT molecular complexity index is 799. The molecule has 6 heteroatoms. The SMILES string of the molecule is Cc1c(Cl)cccc1NC(=O)c1ccc(CS(C)(=O)=O)cc1. The molecular formula is C16H16ClNO3S. The van der Waals surface area contributed by atoms with Gasteiger partial charge in [0.15, 0.2) is 9.84 Å². The van der Waals surface area contributed by atoms with E-state index in [0.29, 0.717) is 21.8 Å². The fourth-order valence-electron chi connectivity index (χ4n) is 1.99. The normalized spacial score (nSPS) is 11.2. The van der Waals surface area contributed by atoms with Crippen molar-refractivity contribution < 1.29 is 13.2 Å². The lowest BCUT2D eigenvalue weighted by molar-refractivity contribution is 0.102. The lowest BCUT2D eigenvalue weighted by Gasteiger charge is -2.10. The van der Waals surface area contributed by atoms with E-state index in [2.05, 4.69) is 5.32 Å². The average Bonchev–Trinajstić information content (AvgIpc) is 2.43. The first-order valence-corrected chi connectivity index (χ1v) is 9.03. The molecule has 0 saturated heterocycles. The van der Waals surface area contributed by atoms with Gasteiger partial charge in [0, 0.05) is 22.5 Å². The summed E-state index contributed by atoms with van der Waals surface area (Å²) < 4.78 is 22.5. The second kappa shape index (κ2) is 6.50. The Morgan fingerprint density at radius 1 is 1.14 bits per heavy atom. The van der Waals surface area contributed by atoms with Gasteiger partial charge in [-0.25, -0.2) is 8.42 Å². The number of sulfone groups is 1. The van der Waals surface area contributed by atoms with E-state index >= 15 is 0 Å². The summed E-state index contributed by atoms with van der Waals surface area (Å²) in [5.41, 5.74) is 2.55. The third-order valence-electron chi connectivity index (χ3n) is 3.16. The summed E-state index contributed by atoms with van der Waals surface area (Å²) in [6, 6.07) is 11.8. The van der Waals surface area contributed by atoms with E-state index in [1.807, 2.05) is 6.92 Å². The molecule has 1 N–H and O–H groups in total. The van der Waals surface area contributed by atoms with E-state index in [0.717, 1.165) is 5.56 Å². The van der Waals surface area contributed by atoms with E-state index in [1.165, 1.54) is 6.26 Å². The maximum absolute atomic E-state index is 12.2. The number of hydrogen-bond acceptors (Lipinski definition) is 3. The van der Waals surface area contributed by atoms with Crippen LogP contribution in [0.15, 0.2) is 42.5 Å². The van der Waals surface area contributed by atoms with Crippen LogP contribution in [-0.2, 0) is 15.6 Å². The molecule has 0 bridgehead atoms. The van der Waals surface area contributed by atoms with Crippen molar-refractivity contribution in [1.82, 2.24) is 0 Å². The number of carbonyl (C=O) groups is 1. The molecule has 0 spiro atoms. The zero-order valence-corrected chi connectivity index (χ0v) is 13.8. The fourth-order valence-corrected chi connectivity index (χ4v) is 2.96. The standard InChI is InChI=1S/C16H16ClNO3S/c1-11-14(17)4-3-5-15(11)18-16(19)13-8-6-12(7-9-13)10-22(2,20)21/h3-9H,10H2,1-2H3,(H,18,19). The Morgan fingerprint density at radius 3 is 2.36 bits per heavy atom. The van der Waals surface area contributed by atoms with Gasteiger partial charge in [-0.15, -0.1) is 0 Å². The molecule has 0 atom stereocenters. The van der Waals surface area contributed by atoms with Gasteiger partial charge in [0.2, 0.25) is 0 Å². The van der Waals surface area contributed by atoms with Crippen molar-refractivity contribution in [3.8, 4) is 0 Å². The van der Waals surface area contributed by atoms with Crippen molar-refractivity contribution in [3.63, 3.8) is 0 Å². The fraction of sp³-hybridized carbons (Fsp3) is 0.188. The van der Waals surface area contributed by atoms with Crippen molar-refractivity contribution in [2.75, 3.05) is 11.6 Å². The van der Waals surface area contributed by atoms with Crippen molar-refractivity contribution in [3.05, 3.63) is 64.2 Å². The lowest BCUT2D eigenvalue weighted by Crippen LogP contribution is -2.13. The summed E-state index contributed by atoms with van der Waals surface area (Å²) in [6.07, 6.45) is 1.18. The predicted molar refractivity (Wildman–Crippen MR) is 89.1 cm³/mol. The molecule has 0 radical (unpaired) electrons. The van der Waals surface area contributed by atoms with Crippen LogP contribution in [0, 0.1) is 6.92 Å². The summed E-state index contributed by atoms with van der Waals surface area (Å²) in [6.45, 7) is 1.83. The summed E-state index contributed by atoms with van der Waals surface area (Å²) in [5, 5.41) is 3.38. The van der Waals surface area contributed by atoms with Crippen molar-refractivity contribution >= 4 is 33.0 Å². The molecule has 1 amide bonds. The molecule has 2 rings (SSSR count). The summed E-state index contributed by atoms with van der Waals surface area (Å²) >= 11 is 6.02. The zero-order chi connectivity index (χ0) is 16.3. The van der Waals surface area contributed by atoms with Gasteiger partial charge in [0.1, 0.15) is 0 Å². The van der Waals surface area contributed by atoms with Gasteiger partial charge >= 0.3 is 0 Å².